The number of hydrazine groups is 1. The summed E-state index contributed by atoms with van der Waals surface area (Å²) in [5.74, 6) is 6.58. The number of hydrogen-bond acceptors (Lipinski definition) is 3. The number of methoxy groups -OCH3 is 1. The number of ether oxygens (including phenoxy) is 1. The maximum absolute atomic E-state index is 5.97. The van der Waals surface area contributed by atoms with Gasteiger partial charge in [0.15, 0.2) is 0 Å². The zero-order valence-corrected chi connectivity index (χ0v) is 13.0. The van der Waals surface area contributed by atoms with Gasteiger partial charge in [-0.25, -0.2) is 0 Å². The Balaban J connectivity index is 2.19. The topological polar surface area (TPSA) is 47.3 Å². The second-order valence-corrected chi connectivity index (χ2v) is 6.32. The van der Waals surface area contributed by atoms with Gasteiger partial charge in [-0.05, 0) is 43.2 Å². The lowest BCUT2D eigenvalue weighted by atomic mass is 9.73. The van der Waals surface area contributed by atoms with Crippen molar-refractivity contribution in [3.8, 4) is 0 Å². The fourth-order valence-electron chi connectivity index (χ4n) is 3.64. The third kappa shape index (κ3) is 3.22. The summed E-state index contributed by atoms with van der Waals surface area (Å²) in [5.41, 5.74) is 5.58. The maximum Gasteiger partial charge on any atom is 0.0850 e. The quantitative estimate of drug-likeness (QED) is 0.642. The van der Waals surface area contributed by atoms with Crippen molar-refractivity contribution >= 4 is 0 Å². The van der Waals surface area contributed by atoms with Gasteiger partial charge < -0.3 is 4.74 Å². The van der Waals surface area contributed by atoms with E-state index in [2.05, 4.69) is 43.5 Å². The van der Waals surface area contributed by atoms with E-state index >= 15 is 0 Å². The molecule has 1 saturated carbocycles. The summed E-state index contributed by atoms with van der Waals surface area (Å²) in [6, 6.07) is 8.69. The Bertz CT molecular complexity index is 435. The van der Waals surface area contributed by atoms with Crippen molar-refractivity contribution in [2.24, 2.45) is 11.8 Å². The highest BCUT2D eigenvalue weighted by Crippen LogP contribution is 2.38. The Morgan fingerprint density at radius 1 is 1.45 bits per heavy atom. The van der Waals surface area contributed by atoms with Gasteiger partial charge in [-0.15, -0.1) is 0 Å². The van der Waals surface area contributed by atoms with Crippen molar-refractivity contribution in [1.29, 1.82) is 0 Å². The maximum atomic E-state index is 5.97. The predicted molar refractivity (Wildman–Crippen MR) is 83.4 cm³/mol. The van der Waals surface area contributed by atoms with Gasteiger partial charge in [-0.1, -0.05) is 44.0 Å². The second-order valence-electron chi connectivity index (χ2n) is 6.32. The number of benzene rings is 1. The highest BCUT2D eigenvalue weighted by Gasteiger charge is 2.41. The monoisotopic (exact) mass is 276 g/mol. The molecule has 3 N–H and O–H groups in total. The lowest BCUT2D eigenvalue weighted by molar-refractivity contribution is -0.0791. The molecule has 1 aliphatic carbocycles. The van der Waals surface area contributed by atoms with Gasteiger partial charge in [0.1, 0.15) is 0 Å². The summed E-state index contributed by atoms with van der Waals surface area (Å²) in [4.78, 5) is 0. The Hall–Kier alpha value is -0.900. The smallest absolute Gasteiger partial charge is 0.0850 e. The summed E-state index contributed by atoms with van der Waals surface area (Å²) in [5, 5.41) is 0. The van der Waals surface area contributed by atoms with Crippen LogP contribution in [0.2, 0.25) is 0 Å². The van der Waals surface area contributed by atoms with Crippen molar-refractivity contribution in [1.82, 2.24) is 5.43 Å². The molecule has 0 saturated heterocycles. The van der Waals surface area contributed by atoms with Gasteiger partial charge in [0.05, 0.1) is 11.6 Å². The lowest BCUT2D eigenvalue weighted by Crippen LogP contribution is -2.57. The van der Waals surface area contributed by atoms with Crippen LogP contribution < -0.4 is 11.3 Å². The molecule has 0 bridgehead atoms. The van der Waals surface area contributed by atoms with Crippen molar-refractivity contribution in [2.75, 3.05) is 7.11 Å². The zero-order chi connectivity index (χ0) is 14.6. The number of nitrogens with two attached hydrogens (primary N) is 1. The molecule has 3 heteroatoms. The molecule has 3 atom stereocenters. The molecule has 1 fully saturated rings. The number of rotatable bonds is 5. The molecule has 112 valence electrons. The summed E-state index contributed by atoms with van der Waals surface area (Å²) in [7, 11) is 1.83. The molecule has 3 unspecified atom stereocenters. The van der Waals surface area contributed by atoms with E-state index in [1.54, 1.807) is 0 Å². The average Bonchev–Trinajstić information content (AvgIpc) is 2.46. The molecule has 20 heavy (non-hydrogen) atoms. The first-order chi connectivity index (χ1) is 9.61. The number of hydrogen-bond donors (Lipinski definition) is 2. The van der Waals surface area contributed by atoms with E-state index in [1.165, 1.54) is 24.0 Å². The van der Waals surface area contributed by atoms with Crippen molar-refractivity contribution in [3.63, 3.8) is 0 Å². The fourth-order valence-corrected chi connectivity index (χ4v) is 3.64. The Morgan fingerprint density at radius 3 is 2.80 bits per heavy atom. The molecule has 1 aromatic rings. The van der Waals surface area contributed by atoms with Crippen LogP contribution in [0.4, 0.5) is 0 Å². The van der Waals surface area contributed by atoms with Crippen LogP contribution in [0.25, 0.3) is 0 Å². The first-order valence-corrected chi connectivity index (χ1v) is 7.67. The summed E-state index contributed by atoms with van der Waals surface area (Å²) in [6.07, 6.45) is 5.62. The Labute approximate surface area is 122 Å². The molecule has 0 aromatic heterocycles. The standard InChI is InChI=1S/C17H28N2O/c1-13-7-6-10-17(12-13,20-3)16(19-18)11-15-9-5-4-8-14(15)2/h4-5,8-9,13,16,19H,6-7,10-12,18H2,1-3H3. The molecule has 3 nitrogen and oxygen atoms in total. The SMILES string of the molecule is COC1(C(Cc2ccccc2C)NN)CCCC(C)C1. The van der Waals surface area contributed by atoms with Crippen LogP contribution in [-0.2, 0) is 11.2 Å². The van der Waals surface area contributed by atoms with Crippen molar-refractivity contribution in [2.45, 2.75) is 57.6 Å². The van der Waals surface area contributed by atoms with Gasteiger partial charge >= 0.3 is 0 Å². The van der Waals surface area contributed by atoms with E-state index in [9.17, 15) is 0 Å². The minimum Gasteiger partial charge on any atom is -0.377 e. The molecule has 0 radical (unpaired) electrons. The van der Waals surface area contributed by atoms with E-state index in [-0.39, 0.29) is 11.6 Å². The summed E-state index contributed by atoms with van der Waals surface area (Å²) < 4.78 is 5.97. The molecule has 1 aliphatic rings. The fraction of sp³-hybridized carbons (Fsp3) is 0.647. The van der Waals surface area contributed by atoms with Gasteiger partial charge in [-0.2, -0.15) is 0 Å². The first kappa shape index (κ1) is 15.5. The number of nitrogens with one attached hydrogen (secondary N) is 1. The van der Waals surface area contributed by atoms with E-state index in [0.717, 1.165) is 19.3 Å². The van der Waals surface area contributed by atoms with E-state index in [1.807, 2.05) is 7.11 Å². The second kappa shape index (κ2) is 6.70. The van der Waals surface area contributed by atoms with Crippen LogP contribution in [0.5, 0.6) is 0 Å². The average molecular weight is 276 g/mol. The molecule has 0 heterocycles. The third-order valence-electron chi connectivity index (χ3n) is 4.92. The van der Waals surface area contributed by atoms with Gasteiger partial charge in [0, 0.05) is 7.11 Å². The predicted octanol–water partition coefficient (Wildman–Crippen LogP) is 2.96. The van der Waals surface area contributed by atoms with Crippen molar-refractivity contribution in [3.05, 3.63) is 35.4 Å². The highest BCUT2D eigenvalue weighted by atomic mass is 16.5. The number of aryl methyl sites for hydroxylation is 1. The minimum atomic E-state index is -0.130. The Morgan fingerprint density at radius 2 is 2.20 bits per heavy atom. The molecule has 0 amide bonds. The molecular formula is C17H28N2O. The van der Waals surface area contributed by atoms with E-state index < -0.39 is 0 Å². The van der Waals surface area contributed by atoms with Crippen LogP contribution in [0, 0.1) is 12.8 Å². The first-order valence-electron chi connectivity index (χ1n) is 7.67. The van der Waals surface area contributed by atoms with Crippen LogP contribution in [0.1, 0.15) is 43.7 Å². The molecule has 0 spiro atoms. The molecule has 0 aliphatic heterocycles. The molecule has 2 rings (SSSR count). The minimum absolute atomic E-state index is 0.130. The van der Waals surface area contributed by atoms with E-state index in [4.69, 9.17) is 10.6 Å². The molecule has 1 aromatic carbocycles. The third-order valence-corrected chi connectivity index (χ3v) is 4.92. The summed E-state index contributed by atoms with van der Waals surface area (Å²) in [6.45, 7) is 4.47. The lowest BCUT2D eigenvalue weighted by Gasteiger charge is -2.44. The van der Waals surface area contributed by atoms with Gasteiger partial charge in [0.25, 0.3) is 0 Å². The van der Waals surface area contributed by atoms with Gasteiger partial charge in [-0.3, -0.25) is 11.3 Å². The van der Waals surface area contributed by atoms with Crippen LogP contribution >= 0.6 is 0 Å². The Kier molecular flexibility index (Phi) is 5.19. The normalized spacial score (nSPS) is 28.3. The largest absolute Gasteiger partial charge is 0.377 e. The van der Waals surface area contributed by atoms with Crippen LogP contribution in [-0.4, -0.2) is 18.8 Å². The van der Waals surface area contributed by atoms with Gasteiger partial charge in [0.2, 0.25) is 0 Å². The van der Waals surface area contributed by atoms with Crippen LogP contribution in [0.3, 0.4) is 0 Å². The van der Waals surface area contributed by atoms with Crippen LogP contribution in [0.15, 0.2) is 24.3 Å². The van der Waals surface area contributed by atoms with E-state index in [0.29, 0.717) is 5.92 Å². The zero-order valence-electron chi connectivity index (χ0n) is 13.0. The highest BCUT2D eigenvalue weighted by molar-refractivity contribution is 5.27. The van der Waals surface area contributed by atoms with Crippen molar-refractivity contribution < 1.29 is 4.74 Å². The summed E-state index contributed by atoms with van der Waals surface area (Å²) >= 11 is 0. The molecular weight excluding hydrogens is 248 g/mol.